The van der Waals surface area contributed by atoms with Crippen LogP contribution in [0.2, 0.25) is 0 Å². The maximum Gasteiger partial charge on any atom is 0.306 e. The van der Waals surface area contributed by atoms with Gasteiger partial charge in [0.05, 0.1) is 0 Å². The Labute approximate surface area is 483 Å². The molecule has 0 aromatic rings. The first kappa shape index (κ1) is 74.3. The number of hydrogen-bond donors (Lipinski definition) is 0. The van der Waals surface area contributed by atoms with E-state index in [1.54, 1.807) is 0 Å². The van der Waals surface area contributed by atoms with Crippen LogP contribution >= 0.6 is 0 Å². The summed E-state index contributed by atoms with van der Waals surface area (Å²) >= 11 is 0. The molecule has 448 valence electrons. The van der Waals surface area contributed by atoms with Crippen molar-refractivity contribution >= 4 is 17.9 Å². The van der Waals surface area contributed by atoms with Gasteiger partial charge in [-0.05, 0) is 103 Å². The summed E-state index contributed by atoms with van der Waals surface area (Å²) in [6, 6.07) is 0. The molecule has 0 N–H and O–H groups in total. The van der Waals surface area contributed by atoms with E-state index in [-0.39, 0.29) is 31.1 Å². The van der Waals surface area contributed by atoms with Gasteiger partial charge in [-0.15, -0.1) is 0 Å². The minimum Gasteiger partial charge on any atom is -0.462 e. The van der Waals surface area contributed by atoms with E-state index in [1.807, 2.05) is 0 Å². The highest BCUT2D eigenvalue weighted by Gasteiger charge is 2.19. The van der Waals surface area contributed by atoms with E-state index in [9.17, 15) is 14.4 Å². The van der Waals surface area contributed by atoms with E-state index in [2.05, 4.69) is 118 Å². The van der Waals surface area contributed by atoms with Crippen molar-refractivity contribution in [2.75, 3.05) is 13.2 Å². The lowest BCUT2D eigenvalue weighted by molar-refractivity contribution is -0.167. The van der Waals surface area contributed by atoms with Crippen LogP contribution in [0.3, 0.4) is 0 Å². The predicted molar refractivity (Wildman–Crippen MR) is 339 cm³/mol. The Hall–Kier alpha value is -3.67. The van der Waals surface area contributed by atoms with Gasteiger partial charge < -0.3 is 14.2 Å². The van der Waals surface area contributed by atoms with Crippen LogP contribution in [0, 0.1) is 0 Å². The first-order valence-corrected chi connectivity index (χ1v) is 33.2. The average molecular weight is 1090 g/mol. The van der Waals surface area contributed by atoms with Crippen LogP contribution in [0.25, 0.3) is 0 Å². The summed E-state index contributed by atoms with van der Waals surface area (Å²) in [5, 5.41) is 0. The topological polar surface area (TPSA) is 78.9 Å². The molecule has 0 aliphatic heterocycles. The molecule has 0 bridgehead atoms. The zero-order valence-electron chi connectivity index (χ0n) is 51.4. The van der Waals surface area contributed by atoms with Gasteiger partial charge in [-0.2, -0.15) is 0 Å². The van der Waals surface area contributed by atoms with Crippen molar-refractivity contribution in [3.63, 3.8) is 0 Å². The van der Waals surface area contributed by atoms with Crippen molar-refractivity contribution in [3.05, 3.63) is 97.2 Å². The van der Waals surface area contributed by atoms with Gasteiger partial charge in [-0.1, -0.05) is 298 Å². The van der Waals surface area contributed by atoms with Gasteiger partial charge in [0.15, 0.2) is 6.10 Å². The summed E-state index contributed by atoms with van der Waals surface area (Å²) in [7, 11) is 0. The van der Waals surface area contributed by atoms with Crippen LogP contribution < -0.4 is 0 Å². The molecule has 0 aliphatic rings. The van der Waals surface area contributed by atoms with E-state index in [4.69, 9.17) is 14.2 Å². The highest BCUT2D eigenvalue weighted by Crippen LogP contribution is 2.17. The zero-order chi connectivity index (χ0) is 56.4. The maximum atomic E-state index is 12.9. The number of rotatable bonds is 60. The summed E-state index contributed by atoms with van der Waals surface area (Å²) in [4.78, 5) is 38.1. The number of allylic oxidation sites excluding steroid dienone is 16. The Kier molecular flexibility index (Phi) is 62.7. The second kappa shape index (κ2) is 65.8. The van der Waals surface area contributed by atoms with Gasteiger partial charge in [0.25, 0.3) is 0 Å². The Balaban J connectivity index is 4.07. The molecule has 6 heteroatoms. The van der Waals surface area contributed by atoms with Crippen LogP contribution in [0.15, 0.2) is 97.2 Å². The Morgan fingerprint density at radius 1 is 0.269 bits per heavy atom. The minimum atomic E-state index is -0.779. The van der Waals surface area contributed by atoms with Crippen LogP contribution in [0.1, 0.15) is 323 Å². The summed E-state index contributed by atoms with van der Waals surface area (Å²) in [6.45, 7) is 6.48. The van der Waals surface area contributed by atoms with Crippen LogP contribution in [-0.2, 0) is 28.6 Å². The normalized spacial score (nSPS) is 12.7. The highest BCUT2D eigenvalue weighted by molar-refractivity contribution is 5.71. The van der Waals surface area contributed by atoms with E-state index in [0.717, 1.165) is 109 Å². The monoisotopic (exact) mass is 1080 g/mol. The third-order valence-electron chi connectivity index (χ3n) is 14.3. The van der Waals surface area contributed by atoms with E-state index in [1.165, 1.54) is 173 Å². The van der Waals surface area contributed by atoms with Crippen molar-refractivity contribution in [1.82, 2.24) is 0 Å². The molecule has 0 heterocycles. The van der Waals surface area contributed by atoms with Crippen LogP contribution in [0.4, 0.5) is 0 Å². The maximum absolute atomic E-state index is 12.9. The molecule has 1 unspecified atom stereocenters. The van der Waals surface area contributed by atoms with Crippen molar-refractivity contribution in [1.29, 1.82) is 0 Å². The molecule has 78 heavy (non-hydrogen) atoms. The second-order valence-corrected chi connectivity index (χ2v) is 22.0. The smallest absolute Gasteiger partial charge is 0.306 e. The fourth-order valence-electron chi connectivity index (χ4n) is 9.36. The molecule has 0 aromatic carbocycles. The number of carbonyl (C=O) groups excluding carboxylic acids is 3. The molecule has 0 saturated carbocycles. The van der Waals surface area contributed by atoms with Crippen LogP contribution in [-0.4, -0.2) is 37.2 Å². The summed E-state index contributed by atoms with van der Waals surface area (Å²) in [5.74, 6) is -0.885. The quantitative estimate of drug-likeness (QED) is 0.0261. The fraction of sp³-hybridized carbons (Fsp3) is 0.736. The summed E-state index contributed by atoms with van der Waals surface area (Å²) < 4.78 is 16.8. The van der Waals surface area contributed by atoms with Crippen molar-refractivity contribution in [3.8, 4) is 0 Å². The number of esters is 3. The zero-order valence-corrected chi connectivity index (χ0v) is 51.4. The van der Waals surface area contributed by atoms with Crippen molar-refractivity contribution in [2.24, 2.45) is 0 Å². The molecule has 0 spiro atoms. The van der Waals surface area contributed by atoms with E-state index >= 15 is 0 Å². The Bertz CT molecular complexity index is 1530. The Morgan fingerprint density at radius 3 is 0.782 bits per heavy atom. The third kappa shape index (κ3) is 63.2. The molecule has 0 aromatic heterocycles. The molecule has 0 aliphatic carbocycles. The number of ether oxygens (including phenoxy) is 3. The van der Waals surface area contributed by atoms with Crippen LogP contribution in [0.5, 0.6) is 0 Å². The first-order valence-electron chi connectivity index (χ1n) is 33.2. The Morgan fingerprint density at radius 2 is 0.500 bits per heavy atom. The fourth-order valence-corrected chi connectivity index (χ4v) is 9.36. The van der Waals surface area contributed by atoms with Gasteiger partial charge in [0.2, 0.25) is 0 Å². The standard InChI is InChI=1S/C72H124O6/c1-4-7-10-13-16-18-20-22-24-26-28-30-32-34-35-36-37-39-40-42-44-46-48-50-52-54-56-59-62-65-71(74)77-68-69(67-76-70(73)64-61-58-15-12-9-6-3)78-72(75)66-63-60-57-55-53-51-49-47-45-43-41-38-33-31-29-27-25-23-21-19-17-14-11-8-5-2/h8,11,17,19-20,22-23,25-26,28-29,31-32,34,38,41,69H,4-7,9-10,12-16,18,21,24,27,30,33,35-37,39-40,42-68H2,1-3H3/b11-8-,19-17-,22-20-,25-23-,28-26-,31-29-,34-32-,41-38-. The minimum absolute atomic E-state index is 0.0783. The lowest BCUT2D eigenvalue weighted by Gasteiger charge is -2.18. The van der Waals surface area contributed by atoms with Crippen molar-refractivity contribution in [2.45, 2.75) is 329 Å². The molecule has 0 fully saturated rings. The summed E-state index contributed by atoms with van der Waals surface area (Å²) in [6.07, 6.45) is 88.9. The molecular weight excluding hydrogens is 961 g/mol. The highest BCUT2D eigenvalue weighted by atomic mass is 16.6. The second-order valence-electron chi connectivity index (χ2n) is 22.0. The molecular formula is C72H124O6. The van der Waals surface area contributed by atoms with Gasteiger partial charge in [-0.25, -0.2) is 0 Å². The van der Waals surface area contributed by atoms with Gasteiger partial charge in [-0.3, -0.25) is 14.4 Å². The SMILES string of the molecule is CC/C=C\C/C=C\C/C=C\C/C=C\C/C=C\CCCCCCCCCCCC(=O)OC(COC(=O)CCCCCCCC)COC(=O)CCCCCCCCCCCCCCCC/C=C\C/C=C\C/C=C\CCCCCCC. The van der Waals surface area contributed by atoms with Crippen molar-refractivity contribution < 1.29 is 28.6 Å². The molecule has 0 saturated heterocycles. The summed E-state index contributed by atoms with van der Waals surface area (Å²) in [5.41, 5.74) is 0. The largest absolute Gasteiger partial charge is 0.462 e. The predicted octanol–water partition coefficient (Wildman–Crippen LogP) is 22.8. The number of carbonyl (C=O) groups is 3. The van der Waals surface area contributed by atoms with E-state index in [0.29, 0.717) is 19.3 Å². The molecule has 6 nitrogen and oxygen atoms in total. The lowest BCUT2D eigenvalue weighted by atomic mass is 10.0. The van der Waals surface area contributed by atoms with Gasteiger partial charge >= 0.3 is 17.9 Å². The van der Waals surface area contributed by atoms with Gasteiger partial charge in [0.1, 0.15) is 13.2 Å². The molecule has 1 atom stereocenters. The number of unbranched alkanes of at least 4 members (excludes halogenated alkanes) is 33. The number of hydrogen-bond acceptors (Lipinski definition) is 6. The third-order valence-corrected chi connectivity index (χ3v) is 14.3. The molecule has 0 amide bonds. The van der Waals surface area contributed by atoms with E-state index < -0.39 is 6.10 Å². The first-order chi connectivity index (χ1) is 38.5. The average Bonchev–Trinajstić information content (AvgIpc) is 3.44. The van der Waals surface area contributed by atoms with Gasteiger partial charge in [0, 0.05) is 19.3 Å². The molecule has 0 radical (unpaired) electrons. The molecule has 0 rings (SSSR count). The lowest BCUT2D eigenvalue weighted by Crippen LogP contribution is -2.30.